The summed E-state index contributed by atoms with van der Waals surface area (Å²) in [7, 11) is 0. The number of nitrogens with zero attached hydrogens (tertiary/aromatic N) is 1. The average molecular weight is 266 g/mol. The number of nitrogens with two attached hydrogens (primary N) is 2. The van der Waals surface area contributed by atoms with Crippen molar-refractivity contribution in [3.8, 4) is 0 Å². The predicted octanol–water partition coefficient (Wildman–Crippen LogP) is 1.38. The summed E-state index contributed by atoms with van der Waals surface area (Å²) in [6, 6.07) is 1.52. The molecule has 1 aromatic heterocycles. The summed E-state index contributed by atoms with van der Waals surface area (Å²) in [6.07, 6.45) is 4.55. The molecule has 0 aliphatic carbocycles. The fourth-order valence-electron chi connectivity index (χ4n) is 1.54. The first-order valence-electron chi connectivity index (χ1n) is 6.52. The van der Waals surface area contributed by atoms with E-state index in [1.54, 1.807) is 0 Å². The third-order valence-electron chi connectivity index (χ3n) is 2.57. The number of pyridine rings is 1. The molecule has 0 aliphatic heterocycles. The highest BCUT2D eigenvalue weighted by Gasteiger charge is 2.09. The normalized spacial score (nSPS) is 10.4. The summed E-state index contributed by atoms with van der Waals surface area (Å²) in [6.45, 7) is 4.28. The van der Waals surface area contributed by atoms with E-state index in [0.29, 0.717) is 30.2 Å². The number of anilines is 2. The molecule has 0 spiro atoms. The summed E-state index contributed by atoms with van der Waals surface area (Å²) < 4.78 is 5.44. The van der Waals surface area contributed by atoms with Gasteiger partial charge in [0.25, 0.3) is 5.91 Å². The zero-order valence-corrected chi connectivity index (χ0v) is 11.3. The molecule has 0 bridgehead atoms. The fourth-order valence-corrected chi connectivity index (χ4v) is 1.54. The summed E-state index contributed by atoms with van der Waals surface area (Å²) in [5.74, 6) is -0.0725. The van der Waals surface area contributed by atoms with Crippen LogP contribution in [0.4, 0.5) is 11.5 Å². The van der Waals surface area contributed by atoms with E-state index in [1.165, 1.54) is 12.3 Å². The van der Waals surface area contributed by atoms with Crippen LogP contribution in [-0.2, 0) is 4.74 Å². The predicted molar refractivity (Wildman–Crippen MR) is 76.0 cm³/mol. The molecule has 19 heavy (non-hydrogen) atoms. The molecule has 1 aromatic rings. The number of aromatic nitrogens is 1. The Morgan fingerprint density at radius 1 is 1.42 bits per heavy atom. The second kappa shape index (κ2) is 8.31. The molecule has 1 amide bonds. The number of amides is 1. The van der Waals surface area contributed by atoms with Crippen LogP contribution in [-0.4, -0.2) is 30.6 Å². The number of nitrogens with one attached hydrogen (secondary N) is 1. The molecule has 1 heterocycles. The van der Waals surface area contributed by atoms with E-state index in [4.69, 9.17) is 16.2 Å². The van der Waals surface area contributed by atoms with Gasteiger partial charge in [-0.1, -0.05) is 13.3 Å². The molecule has 0 saturated carbocycles. The molecule has 0 atom stereocenters. The molecule has 0 radical (unpaired) electrons. The van der Waals surface area contributed by atoms with Gasteiger partial charge in [0.2, 0.25) is 0 Å². The lowest BCUT2D eigenvalue weighted by atomic mass is 10.2. The van der Waals surface area contributed by atoms with Crippen LogP contribution in [0.5, 0.6) is 0 Å². The van der Waals surface area contributed by atoms with Crippen molar-refractivity contribution < 1.29 is 9.53 Å². The number of hydrogen-bond acceptors (Lipinski definition) is 5. The molecule has 6 heteroatoms. The van der Waals surface area contributed by atoms with Crippen molar-refractivity contribution in [3.63, 3.8) is 0 Å². The lowest BCUT2D eigenvalue weighted by Gasteiger charge is -2.09. The van der Waals surface area contributed by atoms with E-state index in [9.17, 15) is 4.79 Å². The Balaban J connectivity index is 2.35. The van der Waals surface area contributed by atoms with Crippen molar-refractivity contribution >= 4 is 17.4 Å². The van der Waals surface area contributed by atoms with E-state index < -0.39 is 5.91 Å². The number of carbonyl (C=O) groups is 1. The minimum absolute atomic E-state index is 0.312. The van der Waals surface area contributed by atoms with Crippen LogP contribution in [0.15, 0.2) is 12.3 Å². The third-order valence-corrected chi connectivity index (χ3v) is 2.57. The summed E-state index contributed by atoms with van der Waals surface area (Å²) in [4.78, 5) is 15.3. The smallest absolute Gasteiger partial charge is 0.252 e. The van der Waals surface area contributed by atoms with Crippen molar-refractivity contribution in [1.82, 2.24) is 4.98 Å². The fraction of sp³-hybridized carbons (Fsp3) is 0.538. The first kappa shape index (κ1) is 15.2. The highest BCUT2D eigenvalue weighted by atomic mass is 16.5. The number of ether oxygens (including phenoxy) is 1. The number of primary amides is 1. The van der Waals surface area contributed by atoms with Gasteiger partial charge in [-0.15, -0.1) is 0 Å². The quantitative estimate of drug-likeness (QED) is 0.586. The van der Waals surface area contributed by atoms with Crippen LogP contribution in [0.1, 0.15) is 36.5 Å². The molecular formula is C13H22N4O2. The van der Waals surface area contributed by atoms with E-state index in [0.717, 1.165) is 25.9 Å². The van der Waals surface area contributed by atoms with Gasteiger partial charge in [0.15, 0.2) is 0 Å². The Labute approximate surface area is 113 Å². The molecule has 1 rings (SSSR count). The molecule has 0 aromatic carbocycles. The first-order valence-corrected chi connectivity index (χ1v) is 6.52. The first-order chi connectivity index (χ1) is 9.15. The van der Waals surface area contributed by atoms with Crippen LogP contribution < -0.4 is 16.8 Å². The van der Waals surface area contributed by atoms with E-state index in [2.05, 4.69) is 17.2 Å². The number of rotatable bonds is 9. The monoisotopic (exact) mass is 266 g/mol. The topological polar surface area (TPSA) is 103 Å². The standard InChI is InChI=1S/C13H22N4O2/c1-2-3-6-19-7-4-5-16-13-11(12(15)18)8-10(14)9-17-13/h8-9H,2-7,14H2,1H3,(H2,15,18)(H,16,17). The van der Waals surface area contributed by atoms with Gasteiger partial charge in [0, 0.05) is 19.8 Å². The Bertz CT molecular complexity index is 410. The van der Waals surface area contributed by atoms with Gasteiger partial charge in [-0.3, -0.25) is 4.79 Å². The third kappa shape index (κ3) is 5.56. The van der Waals surface area contributed by atoms with E-state index in [-0.39, 0.29) is 0 Å². The second-order valence-electron chi connectivity index (χ2n) is 4.28. The van der Waals surface area contributed by atoms with Crippen molar-refractivity contribution in [2.45, 2.75) is 26.2 Å². The van der Waals surface area contributed by atoms with Crippen molar-refractivity contribution in [2.75, 3.05) is 30.8 Å². The molecule has 6 nitrogen and oxygen atoms in total. The van der Waals surface area contributed by atoms with Crippen LogP contribution in [0.25, 0.3) is 0 Å². The summed E-state index contributed by atoms with van der Waals surface area (Å²) in [5.41, 5.74) is 11.6. The van der Waals surface area contributed by atoms with E-state index in [1.807, 2.05) is 0 Å². The maximum absolute atomic E-state index is 11.2. The lowest BCUT2D eigenvalue weighted by molar-refractivity contribution is 0.100. The maximum atomic E-state index is 11.2. The average Bonchev–Trinajstić information content (AvgIpc) is 2.39. The van der Waals surface area contributed by atoms with Gasteiger partial charge in [-0.05, 0) is 18.9 Å². The van der Waals surface area contributed by atoms with Gasteiger partial charge in [0.1, 0.15) is 5.82 Å². The van der Waals surface area contributed by atoms with Gasteiger partial charge in [-0.2, -0.15) is 0 Å². The molecule has 5 N–H and O–H groups in total. The van der Waals surface area contributed by atoms with E-state index >= 15 is 0 Å². The summed E-state index contributed by atoms with van der Waals surface area (Å²) >= 11 is 0. The largest absolute Gasteiger partial charge is 0.397 e. The Morgan fingerprint density at radius 2 is 2.16 bits per heavy atom. The second-order valence-corrected chi connectivity index (χ2v) is 4.28. The highest BCUT2D eigenvalue weighted by Crippen LogP contribution is 2.14. The van der Waals surface area contributed by atoms with Crippen LogP contribution in [0.2, 0.25) is 0 Å². The molecule has 0 saturated heterocycles. The number of nitrogen functional groups attached to an aromatic ring is 1. The molecular weight excluding hydrogens is 244 g/mol. The van der Waals surface area contributed by atoms with Crippen molar-refractivity contribution in [2.24, 2.45) is 5.73 Å². The number of hydrogen-bond donors (Lipinski definition) is 3. The zero-order chi connectivity index (χ0) is 14.1. The van der Waals surface area contributed by atoms with Crippen molar-refractivity contribution in [1.29, 1.82) is 0 Å². The Morgan fingerprint density at radius 3 is 2.84 bits per heavy atom. The van der Waals surface area contributed by atoms with Crippen LogP contribution in [0.3, 0.4) is 0 Å². The highest BCUT2D eigenvalue weighted by molar-refractivity contribution is 5.98. The number of carbonyl (C=O) groups excluding carboxylic acids is 1. The van der Waals surface area contributed by atoms with Gasteiger partial charge >= 0.3 is 0 Å². The minimum atomic E-state index is -0.540. The van der Waals surface area contributed by atoms with Crippen LogP contribution >= 0.6 is 0 Å². The minimum Gasteiger partial charge on any atom is -0.397 e. The SMILES string of the molecule is CCCCOCCCNc1ncc(N)cc1C(N)=O. The molecule has 106 valence electrons. The van der Waals surface area contributed by atoms with Crippen LogP contribution in [0, 0.1) is 0 Å². The Hall–Kier alpha value is -1.82. The molecule has 0 fully saturated rings. The van der Waals surface area contributed by atoms with Crippen molar-refractivity contribution in [3.05, 3.63) is 17.8 Å². The Kier molecular flexibility index (Phi) is 6.67. The maximum Gasteiger partial charge on any atom is 0.252 e. The lowest BCUT2D eigenvalue weighted by Crippen LogP contribution is -2.17. The van der Waals surface area contributed by atoms with Gasteiger partial charge < -0.3 is 21.5 Å². The summed E-state index contributed by atoms with van der Waals surface area (Å²) in [5, 5.41) is 3.07. The molecule has 0 unspecified atom stereocenters. The zero-order valence-electron chi connectivity index (χ0n) is 11.3. The van der Waals surface area contributed by atoms with Gasteiger partial charge in [-0.25, -0.2) is 4.98 Å². The number of unbranched alkanes of at least 4 members (excludes halogenated alkanes) is 1. The van der Waals surface area contributed by atoms with Gasteiger partial charge in [0.05, 0.1) is 17.4 Å². The molecule has 0 aliphatic rings.